The van der Waals surface area contributed by atoms with Gasteiger partial charge in [0, 0.05) is 43.7 Å². The maximum atomic E-state index is 11.5. The average Bonchev–Trinajstić information content (AvgIpc) is 3.13. The van der Waals surface area contributed by atoms with Crippen LogP contribution in [-0.2, 0) is 17.6 Å². The van der Waals surface area contributed by atoms with Crippen LogP contribution in [0.1, 0.15) is 30.7 Å². The third-order valence-electron chi connectivity index (χ3n) is 6.20. The highest BCUT2D eigenvalue weighted by Crippen LogP contribution is 2.41. The summed E-state index contributed by atoms with van der Waals surface area (Å²) in [5.74, 6) is 2.33. The lowest BCUT2D eigenvalue weighted by atomic mass is 9.89. The quantitative estimate of drug-likeness (QED) is 0.631. The SMILES string of the molecule is CC(=O)N1CCN(c2ccc(Oc3ncnc4sc5c(c34)CC[C@H](C)C5)cc2)CC1. The highest BCUT2D eigenvalue weighted by atomic mass is 32.1. The molecular formula is C23H26N4O2S. The summed E-state index contributed by atoms with van der Waals surface area (Å²) in [6.07, 6.45) is 5.01. The predicted molar refractivity (Wildman–Crippen MR) is 120 cm³/mol. The Labute approximate surface area is 180 Å². The van der Waals surface area contributed by atoms with Crippen molar-refractivity contribution in [1.82, 2.24) is 14.9 Å². The molecule has 0 radical (unpaired) electrons. The summed E-state index contributed by atoms with van der Waals surface area (Å²) >= 11 is 1.79. The Morgan fingerprint density at radius 1 is 1.13 bits per heavy atom. The van der Waals surface area contributed by atoms with Crippen molar-refractivity contribution in [2.45, 2.75) is 33.1 Å². The van der Waals surface area contributed by atoms with E-state index in [1.807, 2.05) is 17.0 Å². The number of piperazine rings is 1. The fourth-order valence-electron chi connectivity index (χ4n) is 4.44. The molecule has 30 heavy (non-hydrogen) atoms. The molecule has 7 heteroatoms. The topological polar surface area (TPSA) is 58.6 Å². The molecule has 156 valence electrons. The van der Waals surface area contributed by atoms with Gasteiger partial charge < -0.3 is 14.5 Å². The zero-order chi connectivity index (χ0) is 20.7. The van der Waals surface area contributed by atoms with E-state index in [2.05, 4.69) is 33.9 Å². The lowest BCUT2D eigenvalue weighted by Crippen LogP contribution is -2.48. The number of nitrogens with zero attached hydrogens (tertiary/aromatic N) is 4. The first-order valence-corrected chi connectivity index (χ1v) is 11.4. The summed E-state index contributed by atoms with van der Waals surface area (Å²) < 4.78 is 6.22. The number of ether oxygens (including phenoxy) is 1. The lowest BCUT2D eigenvalue weighted by Gasteiger charge is -2.35. The van der Waals surface area contributed by atoms with Crippen molar-refractivity contribution < 1.29 is 9.53 Å². The van der Waals surface area contributed by atoms with Crippen molar-refractivity contribution in [1.29, 1.82) is 0 Å². The minimum atomic E-state index is 0.152. The first-order valence-electron chi connectivity index (χ1n) is 10.6. The Bertz CT molecular complexity index is 1070. The van der Waals surface area contributed by atoms with Crippen LogP contribution in [-0.4, -0.2) is 47.0 Å². The largest absolute Gasteiger partial charge is 0.438 e. The van der Waals surface area contributed by atoms with Crippen LogP contribution in [0.3, 0.4) is 0 Å². The average molecular weight is 423 g/mol. The van der Waals surface area contributed by atoms with E-state index in [9.17, 15) is 4.79 Å². The van der Waals surface area contributed by atoms with Crippen LogP contribution in [0, 0.1) is 5.92 Å². The fraction of sp³-hybridized carbons (Fsp3) is 0.435. The van der Waals surface area contributed by atoms with E-state index in [-0.39, 0.29) is 5.91 Å². The monoisotopic (exact) mass is 422 g/mol. The zero-order valence-electron chi connectivity index (χ0n) is 17.4. The number of anilines is 1. The van der Waals surface area contributed by atoms with Crippen molar-refractivity contribution in [3.8, 4) is 11.6 Å². The van der Waals surface area contributed by atoms with Crippen LogP contribution in [0.25, 0.3) is 10.2 Å². The summed E-state index contributed by atoms with van der Waals surface area (Å²) in [4.78, 5) is 27.2. The lowest BCUT2D eigenvalue weighted by molar-refractivity contribution is -0.129. The predicted octanol–water partition coefficient (Wildman–Crippen LogP) is 4.28. The molecule has 3 aromatic rings. The van der Waals surface area contributed by atoms with Gasteiger partial charge in [0.1, 0.15) is 16.9 Å². The van der Waals surface area contributed by atoms with Gasteiger partial charge in [0.05, 0.1) is 5.39 Å². The summed E-state index contributed by atoms with van der Waals surface area (Å²) in [6, 6.07) is 8.17. The number of aromatic nitrogens is 2. The van der Waals surface area contributed by atoms with E-state index >= 15 is 0 Å². The minimum absolute atomic E-state index is 0.152. The van der Waals surface area contributed by atoms with E-state index in [0.29, 0.717) is 5.88 Å². The summed E-state index contributed by atoms with van der Waals surface area (Å²) in [7, 11) is 0. The highest BCUT2D eigenvalue weighted by Gasteiger charge is 2.24. The summed E-state index contributed by atoms with van der Waals surface area (Å²) in [6.45, 7) is 7.20. The maximum Gasteiger partial charge on any atom is 0.231 e. The smallest absolute Gasteiger partial charge is 0.231 e. The number of rotatable bonds is 3. The molecule has 0 unspecified atom stereocenters. The van der Waals surface area contributed by atoms with Gasteiger partial charge in [0.15, 0.2) is 0 Å². The van der Waals surface area contributed by atoms with E-state index in [4.69, 9.17) is 4.74 Å². The molecule has 0 N–H and O–H groups in total. The van der Waals surface area contributed by atoms with Gasteiger partial charge in [-0.3, -0.25) is 4.79 Å². The molecule has 2 aromatic heterocycles. The molecule has 5 rings (SSSR count). The van der Waals surface area contributed by atoms with Crippen LogP contribution in [0.2, 0.25) is 0 Å². The maximum absolute atomic E-state index is 11.5. The van der Waals surface area contributed by atoms with Crippen LogP contribution in [0.4, 0.5) is 5.69 Å². The van der Waals surface area contributed by atoms with Crippen LogP contribution >= 0.6 is 11.3 Å². The first kappa shape index (κ1) is 19.3. The molecule has 1 atom stereocenters. The molecule has 1 fully saturated rings. The third-order valence-corrected chi connectivity index (χ3v) is 7.36. The number of carbonyl (C=O) groups excluding carboxylic acids is 1. The number of fused-ring (bicyclic) bond motifs is 3. The Morgan fingerprint density at radius 2 is 1.90 bits per heavy atom. The standard InChI is InChI=1S/C23H26N4O2S/c1-15-3-8-19-20(13-15)30-23-21(19)22(24-14-25-23)29-18-6-4-17(5-7-18)27-11-9-26(10-12-27)16(2)28/h4-7,14-15H,3,8-13H2,1-2H3/t15-/m0/s1. The molecule has 0 saturated carbocycles. The molecule has 1 aliphatic heterocycles. The van der Waals surface area contributed by atoms with E-state index in [0.717, 1.165) is 66.6 Å². The Balaban J connectivity index is 1.34. The van der Waals surface area contributed by atoms with Gasteiger partial charge in [-0.05, 0) is 55.0 Å². The van der Waals surface area contributed by atoms with E-state index < -0.39 is 0 Å². The molecule has 3 heterocycles. The third kappa shape index (κ3) is 3.62. The number of benzene rings is 1. The van der Waals surface area contributed by atoms with Crippen LogP contribution in [0.15, 0.2) is 30.6 Å². The molecule has 0 spiro atoms. The van der Waals surface area contributed by atoms with Crippen molar-refractivity contribution in [3.63, 3.8) is 0 Å². The first-order chi connectivity index (χ1) is 14.6. The second kappa shape index (κ2) is 7.87. The summed E-state index contributed by atoms with van der Waals surface area (Å²) in [5, 5.41) is 1.09. The van der Waals surface area contributed by atoms with Gasteiger partial charge in [-0.2, -0.15) is 0 Å². The van der Waals surface area contributed by atoms with Gasteiger partial charge >= 0.3 is 0 Å². The number of amides is 1. The molecule has 0 bridgehead atoms. The number of hydrogen-bond acceptors (Lipinski definition) is 6. The number of thiophene rings is 1. The van der Waals surface area contributed by atoms with E-state index in [1.165, 1.54) is 16.9 Å². The highest BCUT2D eigenvalue weighted by molar-refractivity contribution is 7.18. The molecule has 2 aliphatic rings. The Kier molecular flexibility index (Phi) is 5.06. The van der Waals surface area contributed by atoms with Crippen molar-refractivity contribution in [3.05, 3.63) is 41.0 Å². The fourth-order valence-corrected chi connectivity index (χ4v) is 5.78. The second-order valence-electron chi connectivity index (χ2n) is 8.30. The Hall–Kier alpha value is -2.67. The number of carbonyl (C=O) groups is 1. The van der Waals surface area contributed by atoms with Gasteiger partial charge in [-0.25, -0.2) is 9.97 Å². The van der Waals surface area contributed by atoms with Crippen molar-refractivity contribution in [2.75, 3.05) is 31.1 Å². The van der Waals surface area contributed by atoms with E-state index in [1.54, 1.807) is 24.6 Å². The Morgan fingerprint density at radius 3 is 2.63 bits per heavy atom. The molecule has 1 saturated heterocycles. The zero-order valence-corrected chi connectivity index (χ0v) is 18.2. The van der Waals surface area contributed by atoms with Gasteiger partial charge in [-0.1, -0.05) is 6.92 Å². The van der Waals surface area contributed by atoms with Gasteiger partial charge in [0.2, 0.25) is 11.8 Å². The molecule has 1 aromatic carbocycles. The number of aryl methyl sites for hydroxylation is 1. The summed E-state index contributed by atoms with van der Waals surface area (Å²) in [5.41, 5.74) is 2.53. The van der Waals surface area contributed by atoms with Crippen molar-refractivity contribution >= 4 is 33.1 Å². The van der Waals surface area contributed by atoms with Crippen LogP contribution < -0.4 is 9.64 Å². The van der Waals surface area contributed by atoms with Gasteiger partial charge in [-0.15, -0.1) is 11.3 Å². The normalized spacial score (nSPS) is 19.1. The molecule has 1 amide bonds. The van der Waals surface area contributed by atoms with Crippen molar-refractivity contribution in [2.24, 2.45) is 5.92 Å². The second-order valence-corrected chi connectivity index (χ2v) is 9.38. The molecule has 1 aliphatic carbocycles. The minimum Gasteiger partial charge on any atom is -0.438 e. The molecular weight excluding hydrogens is 396 g/mol. The van der Waals surface area contributed by atoms with Crippen LogP contribution in [0.5, 0.6) is 11.6 Å². The molecule has 6 nitrogen and oxygen atoms in total. The number of hydrogen-bond donors (Lipinski definition) is 0. The van der Waals surface area contributed by atoms with Gasteiger partial charge in [0.25, 0.3) is 0 Å².